The molecule has 0 spiro atoms. The number of ether oxygens (including phenoxy) is 1. The minimum absolute atomic E-state index is 0.573. The molecule has 1 aliphatic rings. The molecule has 4 nitrogen and oxygen atoms in total. The summed E-state index contributed by atoms with van der Waals surface area (Å²) >= 11 is 0. The quantitative estimate of drug-likeness (QED) is 0.624. The average Bonchev–Trinajstić information content (AvgIpc) is 2.71. The van der Waals surface area contributed by atoms with Crippen LogP contribution in [0.2, 0.25) is 0 Å². The van der Waals surface area contributed by atoms with E-state index in [1.54, 1.807) is 0 Å². The first-order valence-electron chi connectivity index (χ1n) is 5.84. The lowest BCUT2D eigenvalue weighted by molar-refractivity contribution is 0.0678. The van der Waals surface area contributed by atoms with Gasteiger partial charge in [-0.1, -0.05) is 6.58 Å². The van der Waals surface area contributed by atoms with Crippen molar-refractivity contribution in [3.05, 3.63) is 30.1 Å². The van der Waals surface area contributed by atoms with Crippen LogP contribution in [0, 0.1) is 5.41 Å². The normalized spacial score (nSPS) is 16.0. The van der Waals surface area contributed by atoms with E-state index in [9.17, 15) is 0 Å². The average molecular weight is 233 g/mol. The van der Waals surface area contributed by atoms with E-state index < -0.39 is 0 Å². The van der Waals surface area contributed by atoms with Crippen LogP contribution in [0.4, 0.5) is 0 Å². The Morgan fingerprint density at radius 2 is 1.88 bits per heavy atom. The zero-order valence-corrected chi connectivity index (χ0v) is 10.5. The third-order valence-electron chi connectivity index (χ3n) is 3.13. The number of aromatic nitrogens is 1. The maximum absolute atomic E-state index is 8.24. The van der Waals surface area contributed by atoms with Crippen LogP contribution in [0.5, 0.6) is 0 Å². The van der Waals surface area contributed by atoms with Gasteiger partial charge in [0.15, 0.2) is 0 Å². The summed E-state index contributed by atoms with van der Waals surface area (Å²) in [5.74, 6) is 0.573. The zero-order valence-electron chi connectivity index (χ0n) is 10.5. The Hall–Kier alpha value is -1.55. The van der Waals surface area contributed by atoms with Crippen molar-refractivity contribution in [3.8, 4) is 0 Å². The number of hydrogen-bond acceptors (Lipinski definition) is 2. The molecule has 1 saturated heterocycles. The van der Waals surface area contributed by atoms with Crippen LogP contribution in [-0.2, 0) is 11.8 Å². The Balaban J connectivity index is 2.21. The van der Waals surface area contributed by atoms with E-state index in [-0.39, 0.29) is 0 Å². The van der Waals surface area contributed by atoms with Gasteiger partial charge in [-0.05, 0) is 24.6 Å². The van der Waals surface area contributed by atoms with Crippen molar-refractivity contribution < 1.29 is 4.74 Å². The Labute approximate surface area is 102 Å². The third-order valence-corrected chi connectivity index (χ3v) is 3.13. The summed E-state index contributed by atoms with van der Waals surface area (Å²) in [6.45, 7) is 8.94. The predicted molar refractivity (Wildman–Crippen MR) is 69.3 cm³/mol. The second-order valence-electron chi connectivity index (χ2n) is 4.39. The monoisotopic (exact) mass is 233 g/mol. The highest BCUT2D eigenvalue weighted by atomic mass is 16.5. The molecule has 1 aromatic rings. The molecule has 2 rings (SSSR count). The van der Waals surface area contributed by atoms with Gasteiger partial charge in [-0.3, -0.25) is 5.41 Å². The number of allylic oxidation sites excluding steroid dienone is 1. The van der Waals surface area contributed by atoms with Gasteiger partial charge >= 0.3 is 0 Å². The maximum atomic E-state index is 8.24. The molecule has 0 atom stereocenters. The van der Waals surface area contributed by atoms with Gasteiger partial charge in [0.25, 0.3) is 0 Å². The zero-order chi connectivity index (χ0) is 12.4. The number of amidine groups is 1. The van der Waals surface area contributed by atoms with Gasteiger partial charge in [0.05, 0.1) is 18.9 Å². The lowest BCUT2D eigenvalue weighted by atomic mass is 10.2. The van der Waals surface area contributed by atoms with Gasteiger partial charge in [-0.2, -0.15) is 0 Å². The van der Waals surface area contributed by atoms with Crippen LogP contribution in [-0.4, -0.2) is 41.6 Å². The Morgan fingerprint density at radius 1 is 1.29 bits per heavy atom. The molecular weight excluding hydrogens is 214 g/mol. The number of hydrogen-bond donors (Lipinski definition) is 1. The first-order chi connectivity index (χ1) is 8.11. The Kier molecular flexibility index (Phi) is 3.33. The summed E-state index contributed by atoms with van der Waals surface area (Å²) in [6.07, 6.45) is 0. The number of rotatable bonds is 2. The molecule has 0 unspecified atom stereocenters. The van der Waals surface area contributed by atoms with Crippen LogP contribution < -0.4 is 0 Å². The van der Waals surface area contributed by atoms with Crippen molar-refractivity contribution in [3.63, 3.8) is 0 Å². The van der Waals surface area contributed by atoms with Gasteiger partial charge in [-0.25, -0.2) is 0 Å². The summed E-state index contributed by atoms with van der Waals surface area (Å²) in [7, 11) is 1.98. The highest BCUT2D eigenvalue weighted by molar-refractivity contribution is 5.95. The first kappa shape index (κ1) is 11.9. The molecule has 0 amide bonds. The molecule has 0 bridgehead atoms. The number of morpholine rings is 1. The molecule has 1 aliphatic heterocycles. The molecule has 0 aromatic carbocycles. The van der Waals surface area contributed by atoms with Crippen LogP contribution >= 0.6 is 0 Å². The van der Waals surface area contributed by atoms with Crippen molar-refractivity contribution >= 4 is 11.4 Å². The van der Waals surface area contributed by atoms with Gasteiger partial charge in [0.1, 0.15) is 5.84 Å². The van der Waals surface area contributed by atoms with Crippen molar-refractivity contribution in [1.29, 1.82) is 5.41 Å². The molecule has 92 valence electrons. The van der Waals surface area contributed by atoms with E-state index in [4.69, 9.17) is 10.1 Å². The molecule has 2 heterocycles. The maximum Gasteiger partial charge on any atom is 0.145 e. The van der Waals surface area contributed by atoms with Crippen LogP contribution in [0.1, 0.15) is 18.3 Å². The lowest BCUT2D eigenvalue weighted by Crippen LogP contribution is -2.41. The van der Waals surface area contributed by atoms with Gasteiger partial charge in [-0.15, -0.1) is 0 Å². The minimum atomic E-state index is 0.573. The summed E-state index contributed by atoms with van der Waals surface area (Å²) < 4.78 is 7.33. The molecule has 1 N–H and O–H groups in total. The fraction of sp³-hybridized carbons (Fsp3) is 0.462. The molecule has 0 saturated carbocycles. The summed E-state index contributed by atoms with van der Waals surface area (Å²) in [4.78, 5) is 2.06. The first-order valence-corrected chi connectivity index (χ1v) is 5.84. The Bertz CT molecular complexity index is 442. The van der Waals surface area contributed by atoms with Gasteiger partial charge < -0.3 is 14.2 Å². The van der Waals surface area contributed by atoms with Crippen LogP contribution in [0.3, 0.4) is 0 Å². The summed E-state index contributed by atoms with van der Waals surface area (Å²) in [6, 6.07) is 4.01. The smallest absolute Gasteiger partial charge is 0.145 e. The second kappa shape index (κ2) is 4.75. The summed E-state index contributed by atoms with van der Waals surface area (Å²) in [5.41, 5.74) is 3.04. The number of nitrogens with one attached hydrogen (secondary N) is 1. The van der Waals surface area contributed by atoms with Crippen molar-refractivity contribution in [2.45, 2.75) is 6.92 Å². The molecule has 1 aromatic heterocycles. The van der Waals surface area contributed by atoms with E-state index in [1.165, 1.54) is 0 Å². The lowest BCUT2D eigenvalue weighted by Gasteiger charge is -2.29. The molecule has 0 aliphatic carbocycles. The largest absolute Gasteiger partial charge is 0.378 e. The Morgan fingerprint density at radius 3 is 2.41 bits per heavy atom. The van der Waals surface area contributed by atoms with E-state index >= 15 is 0 Å². The van der Waals surface area contributed by atoms with E-state index in [1.807, 2.05) is 30.7 Å². The standard InChI is InChI=1S/C13H19N3O/c1-10(2)11-4-5-12(15(11)3)13(14)16-6-8-17-9-7-16/h4-5,14H,1,6-9H2,2-3H3. The molecule has 17 heavy (non-hydrogen) atoms. The molecule has 1 fully saturated rings. The van der Waals surface area contributed by atoms with Crippen LogP contribution in [0.25, 0.3) is 5.57 Å². The minimum Gasteiger partial charge on any atom is -0.378 e. The second-order valence-corrected chi connectivity index (χ2v) is 4.39. The van der Waals surface area contributed by atoms with E-state index in [2.05, 4.69) is 11.5 Å². The number of nitrogens with zero attached hydrogens (tertiary/aromatic N) is 2. The van der Waals surface area contributed by atoms with Gasteiger partial charge in [0.2, 0.25) is 0 Å². The van der Waals surface area contributed by atoms with Crippen LogP contribution in [0.15, 0.2) is 18.7 Å². The molecular formula is C13H19N3O. The van der Waals surface area contributed by atoms with Crippen molar-refractivity contribution in [2.24, 2.45) is 7.05 Å². The van der Waals surface area contributed by atoms with Crippen molar-refractivity contribution in [1.82, 2.24) is 9.47 Å². The molecule has 4 heteroatoms. The predicted octanol–water partition coefficient (Wildman–Crippen LogP) is 1.72. The van der Waals surface area contributed by atoms with E-state index in [0.29, 0.717) is 19.0 Å². The van der Waals surface area contributed by atoms with Gasteiger partial charge in [0, 0.05) is 25.8 Å². The fourth-order valence-electron chi connectivity index (χ4n) is 2.13. The molecule has 0 radical (unpaired) electrons. The topological polar surface area (TPSA) is 41.3 Å². The van der Waals surface area contributed by atoms with Crippen molar-refractivity contribution in [2.75, 3.05) is 26.3 Å². The summed E-state index contributed by atoms with van der Waals surface area (Å²) in [5, 5.41) is 8.24. The SMILES string of the molecule is C=C(C)c1ccc(C(=N)N2CCOCC2)n1C. The highest BCUT2D eigenvalue weighted by Crippen LogP contribution is 2.16. The fourth-order valence-corrected chi connectivity index (χ4v) is 2.13. The van der Waals surface area contributed by atoms with E-state index in [0.717, 1.165) is 30.1 Å². The highest BCUT2D eigenvalue weighted by Gasteiger charge is 2.18. The third kappa shape index (κ3) is 2.26.